The Bertz CT molecular complexity index is 788. The minimum Gasteiger partial charge on any atom is -0.381 e. The largest absolute Gasteiger partial charge is 0.381 e. The van der Waals surface area contributed by atoms with Crippen LogP contribution in [0.15, 0.2) is 28.2 Å². The van der Waals surface area contributed by atoms with E-state index in [2.05, 4.69) is 10.3 Å². The number of rotatable bonds is 2. The van der Waals surface area contributed by atoms with Gasteiger partial charge in [0.15, 0.2) is 0 Å². The number of carbonyl (C=O) groups excluding carboxylic acids is 1. The summed E-state index contributed by atoms with van der Waals surface area (Å²) in [6, 6.07) is 5.68. The Hall–Kier alpha value is -2.12. The van der Waals surface area contributed by atoms with Crippen molar-refractivity contribution in [1.29, 1.82) is 0 Å². The van der Waals surface area contributed by atoms with Crippen LogP contribution in [0.1, 0.15) is 18.4 Å². The van der Waals surface area contributed by atoms with Crippen LogP contribution in [-0.4, -0.2) is 66.5 Å². The molecule has 2 fully saturated rings. The van der Waals surface area contributed by atoms with Gasteiger partial charge in [-0.3, -0.25) is 4.90 Å². The molecule has 2 saturated heterocycles. The molecule has 26 heavy (non-hydrogen) atoms. The highest BCUT2D eigenvalue weighted by Crippen LogP contribution is 2.27. The average molecular weight is 376 g/mol. The van der Waals surface area contributed by atoms with Gasteiger partial charge >= 0.3 is 6.03 Å². The van der Waals surface area contributed by atoms with Gasteiger partial charge in [0.05, 0.1) is 6.54 Å². The zero-order valence-electron chi connectivity index (χ0n) is 14.9. The third-order valence-corrected chi connectivity index (χ3v) is 5.38. The number of carbonyl (C=O) groups is 1. The average Bonchev–Trinajstić information content (AvgIpc) is 2.89. The lowest BCUT2D eigenvalue weighted by Gasteiger charge is -2.31. The van der Waals surface area contributed by atoms with Gasteiger partial charge in [-0.05, 0) is 43.5 Å². The molecule has 3 aliphatic heterocycles. The Balaban J connectivity index is 1.60. The molecule has 0 saturated carbocycles. The van der Waals surface area contributed by atoms with Crippen molar-refractivity contribution in [2.45, 2.75) is 31.8 Å². The summed E-state index contributed by atoms with van der Waals surface area (Å²) < 4.78 is 5.44. The first-order valence-corrected chi connectivity index (χ1v) is 9.22. The maximum Gasteiger partial charge on any atom is 0.326 e. The van der Waals surface area contributed by atoms with E-state index < -0.39 is 0 Å². The summed E-state index contributed by atoms with van der Waals surface area (Å²) in [5.41, 5.74) is 1.93. The van der Waals surface area contributed by atoms with E-state index in [1.165, 1.54) is 0 Å². The normalized spacial score (nSPS) is 23.7. The molecular weight excluding hydrogens is 354 g/mol. The third kappa shape index (κ3) is 3.05. The maximum atomic E-state index is 12.8. The van der Waals surface area contributed by atoms with Crippen molar-refractivity contribution in [3.8, 4) is 0 Å². The van der Waals surface area contributed by atoms with Crippen LogP contribution in [0.2, 0.25) is 5.02 Å². The number of nitrogens with zero attached hydrogens (tertiary/aromatic N) is 4. The summed E-state index contributed by atoms with van der Waals surface area (Å²) in [7, 11) is 1.82. The van der Waals surface area contributed by atoms with Crippen molar-refractivity contribution >= 4 is 35.1 Å². The number of hydrogen-bond donors (Lipinski definition) is 1. The number of amidine groups is 1. The van der Waals surface area contributed by atoms with E-state index in [0.29, 0.717) is 30.7 Å². The quantitative estimate of drug-likeness (QED) is 0.864. The lowest BCUT2D eigenvalue weighted by Crippen LogP contribution is -2.45. The van der Waals surface area contributed by atoms with E-state index in [0.717, 1.165) is 29.9 Å². The second kappa shape index (κ2) is 6.89. The fourth-order valence-electron chi connectivity index (χ4n) is 3.63. The minimum atomic E-state index is -0.0952. The zero-order valence-corrected chi connectivity index (χ0v) is 15.7. The summed E-state index contributed by atoms with van der Waals surface area (Å²) in [5.74, 6) is 1.32. The highest BCUT2D eigenvalue weighted by Gasteiger charge is 2.46. The molecule has 8 heteroatoms. The summed E-state index contributed by atoms with van der Waals surface area (Å²) in [4.78, 5) is 25.6. The van der Waals surface area contributed by atoms with Crippen molar-refractivity contribution in [2.75, 3.05) is 32.1 Å². The number of anilines is 1. The second-order valence-corrected chi connectivity index (χ2v) is 7.28. The van der Waals surface area contributed by atoms with Gasteiger partial charge in [0, 0.05) is 37.0 Å². The molecule has 0 radical (unpaired) electrons. The highest BCUT2D eigenvalue weighted by atomic mass is 35.5. The number of amides is 2. The molecule has 4 rings (SSSR count). The van der Waals surface area contributed by atoms with Crippen molar-refractivity contribution in [1.82, 2.24) is 9.80 Å². The van der Waals surface area contributed by atoms with E-state index in [9.17, 15) is 4.79 Å². The Morgan fingerprint density at radius 1 is 1.31 bits per heavy atom. The topological polar surface area (TPSA) is 69.5 Å². The van der Waals surface area contributed by atoms with Crippen molar-refractivity contribution in [2.24, 2.45) is 9.98 Å². The van der Waals surface area contributed by atoms with Crippen LogP contribution < -0.4 is 5.32 Å². The molecule has 0 aromatic heterocycles. The molecule has 2 amide bonds. The smallest absolute Gasteiger partial charge is 0.326 e. The number of halogens is 1. The second-order valence-electron chi connectivity index (χ2n) is 6.84. The molecule has 3 aliphatic rings. The van der Waals surface area contributed by atoms with Gasteiger partial charge < -0.3 is 15.0 Å². The van der Waals surface area contributed by atoms with E-state index in [4.69, 9.17) is 21.3 Å². The lowest BCUT2D eigenvalue weighted by atomic mass is 10.1. The van der Waals surface area contributed by atoms with E-state index in [1.54, 1.807) is 4.90 Å². The Kier molecular flexibility index (Phi) is 4.58. The van der Waals surface area contributed by atoms with Crippen molar-refractivity contribution in [3.05, 3.63) is 28.8 Å². The van der Waals surface area contributed by atoms with Crippen LogP contribution in [0.4, 0.5) is 10.5 Å². The summed E-state index contributed by atoms with van der Waals surface area (Å²) in [6.45, 7) is 3.85. The monoisotopic (exact) mass is 375 g/mol. The molecular formula is C18H22ClN5O2. The number of benzene rings is 1. The molecule has 138 valence electrons. The third-order valence-electron chi connectivity index (χ3n) is 5.15. The predicted octanol–water partition coefficient (Wildman–Crippen LogP) is 2.74. The standard InChI is InChI=1S/C18H22ClN5O2/c1-11-9-12(19)3-4-14(11)21-17-20-10-15-16(22-17)24(18(25)23(15)2)13-5-7-26-8-6-13/h3-4,9,13,15H,5-8,10H2,1-2H3,(H,20,21). The van der Waals surface area contributed by atoms with Crippen molar-refractivity contribution in [3.63, 3.8) is 0 Å². The van der Waals surface area contributed by atoms with Gasteiger partial charge in [-0.1, -0.05) is 11.6 Å². The number of hydrogen-bond acceptors (Lipinski definition) is 5. The fraction of sp³-hybridized carbons (Fsp3) is 0.500. The predicted molar refractivity (Wildman–Crippen MR) is 102 cm³/mol. The highest BCUT2D eigenvalue weighted by molar-refractivity contribution is 6.30. The number of likely N-dealkylation sites (N-methyl/N-ethyl adjacent to an activating group) is 1. The maximum absolute atomic E-state index is 12.8. The first kappa shape index (κ1) is 17.3. The van der Waals surface area contributed by atoms with Gasteiger partial charge in [0.25, 0.3) is 0 Å². The molecule has 1 unspecified atom stereocenters. The summed E-state index contributed by atoms with van der Waals surface area (Å²) >= 11 is 6.02. The molecule has 7 nitrogen and oxygen atoms in total. The number of ether oxygens (including phenoxy) is 1. The lowest BCUT2D eigenvalue weighted by molar-refractivity contribution is 0.0618. The van der Waals surface area contributed by atoms with E-state index >= 15 is 0 Å². The van der Waals surface area contributed by atoms with E-state index in [-0.39, 0.29) is 18.1 Å². The van der Waals surface area contributed by atoms with Gasteiger partial charge in [-0.25, -0.2) is 9.79 Å². The Morgan fingerprint density at radius 2 is 2.08 bits per heavy atom. The number of nitrogens with one attached hydrogen (secondary N) is 1. The van der Waals surface area contributed by atoms with Crippen LogP contribution in [-0.2, 0) is 4.74 Å². The molecule has 0 bridgehead atoms. The molecule has 1 aromatic carbocycles. The van der Waals surface area contributed by atoms with Crippen molar-refractivity contribution < 1.29 is 9.53 Å². The Labute approximate surface area is 157 Å². The first-order valence-electron chi connectivity index (χ1n) is 8.84. The zero-order chi connectivity index (χ0) is 18.3. The van der Waals surface area contributed by atoms with Crippen LogP contribution in [0.3, 0.4) is 0 Å². The molecule has 0 aliphatic carbocycles. The fourth-order valence-corrected chi connectivity index (χ4v) is 3.85. The van der Waals surface area contributed by atoms with Crippen LogP contribution >= 0.6 is 11.6 Å². The van der Waals surface area contributed by atoms with Crippen LogP contribution in [0, 0.1) is 6.92 Å². The number of urea groups is 1. The van der Waals surface area contributed by atoms with E-state index in [1.807, 2.05) is 37.1 Å². The summed E-state index contributed by atoms with van der Waals surface area (Å²) in [6.07, 6.45) is 1.67. The van der Waals surface area contributed by atoms with Crippen LogP contribution in [0.25, 0.3) is 0 Å². The minimum absolute atomic E-state index is 0.000210. The number of aryl methyl sites for hydroxylation is 1. The van der Waals surface area contributed by atoms with Gasteiger partial charge in [-0.15, -0.1) is 0 Å². The SMILES string of the molecule is Cc1cc(Cl)ccc1NC1=NCC2C(=N1)N(C1CCOCC1)C(=O)N2C. The molecule has 3 heterocycles. The van der Waals surface area contributed by atoms with Crippen LogP contribution in [0.5, 0.6) is 0 Å². The van der Waals surface area contributed by atoms with Gasteiger partial charge in [0.1, 0.15) is 11.9 Å². The Morgan fingerprint density at radius 3 is 2.81 bits per heavy atom. The molecule has 1 N–H and O–H groups in total. The first-order chi connectivity index (χ1) is 12.5. The van der Waals surface area contributed by atoms with Gasteiger partial charge in [0.2, 0.25) is 5.96 Å². The summed E-state index contributed by atoms with van der Waals surface area (Å²) in [5, 5.41) is 3.96. The van der Waals surface area contributed by atoms with Gasteiger partial charge in [-0.2, -0.15) is 4.99 Å². The number of fused-ring (bicyclic) bond motifs is 1. The molecule has 1 atom stereocenters. The number of guanidine groups is 1. The molecule has 0 spiro atoms. The molecule has 1 aromatic rings. The number of aliphatic imine (C=N–C) groups is 2.